The summed E-state index contributed by atoms with van der Waals surface area (Å²) in [5.74, 6) is -2.15. The van der Waals surface area contributed by atoms with Crippen LogP contribution in [0.1, 0.15) is 0 Å². The van der Waals surface area contributed by atoms with Gasteiger partial charge < -0.3 is 9.52 Å². The molecule has 1 N–H and O–H groups in total. The summed E-state index contributed by atoms with van der Waals surface area (Å²) in [4.78, 5) is 14.9. The van der Waals surface area contributed by atoms with E-state index < -0.39 is 17.1 Å². The molecule has 0 atom stereocenters. The van der Waals surface area contributed by atoms with Crippen LogP contribution >= 0.6 is 0 Å². The molecule has 1 aliphatic heterocycles. The Balaban J connectivity index is 2.52. The van der Waals surface area contributed by atoms with Crippen molar-refractivity contribution in [1.29, 1.82) is 0 Å². The van der Waals surface area contributed by atoms with E-state index in [2.05, 4.69) is 4.98 Å². The van der Waals surface area contributed by atoms with Gasteiger partial charge in [0, 0.05) is 24.3 Å². The molecule has 0 bridgehead atoms. The third kappa shape index (κ3) is 1.50. The molecule has 1 aromatic carbocycles. The zero-order valence-corrected chi connectivity index (χ0v) is 8.78. The molecule has 0 saturated heterocycles. The van der Waals surface area contributed by atoms with Crippen molar-refractivity contribution in [3.8, 4) is 17.2 Å². The third-order valence-corrected chi connectivity index (χ3v) is 2.46. The van der Waals surface area contributed by atoms with Crippen LogP contribution in [0.3, 0.4) is 0 Å². The van der Waals surface area contributed by atoms with Crippen LogP contribution in [0.2, 0.25) is 0 Å². The Bertz CT molecular complexity index is 797. The highest BCUT2D eigenvalue weighted by Crippen LogP contribution is 2.29. The van der Waals surface area contributed by atoms with Crippen molar-refractivity contribution in [3.63, 3.8) is 0 Å². The van der Waals surface area contributed by atoms with Gasteiger partial charge in [-0.25, -0.2) is 13.8 Å². The second-order valence-corrected chi connectivity index (χ2v) is 3.74. The van der Waals surface area contributed by atoms with Gasteiger partial charge >= 0.3 is 0 Å². The lowest BCUT2D eigenvalue weighted by atomic mass is 10.2. The number of aromatic hydroxyl groups is 1. The molecule has 18 heavy (non-hydrogen) atoms. The first-order chi connectivity index (χ1) is 8.54. The van der Waals surface area contributed by atoms with E-state index in [1.54, 1.807) is 0 Å². The van der Waals surface area contributed by atoms with Gasteiger partial charge in [0.25, 0.3) is 0 Å². The average Bonchev–Trinajstić information content (AvgIpc) is 2.26. The number of halogens is 2. The maximum atomic E-state index is 13.5. The summed E-state index contributed by atoms with van der Waals surface area (Å²) in [6.45, 7) is 0. The molecule has 3 rings (SSSR count). The summed E-state index contributed by atoms with van der Waals surface area (Å²) in [5, 5.41) is 9.23. The predicted molar refractivity (Wildman–Crippen MR) is 58.5 cm³/mol. The lowest BCUT2D eigenvalue weighted by molar-refractivity contribution is 0.468. The predicted octanol–water partition coefficient (Wildman–Crippen LogP) is 2.28. The molecule has 0 unspecified atom stereocenters. The van der Waals surface area contributed by atoms with E-state index >= 15 is 0 Å². The highest BCUT2D eigenvalue weighted by atomic mass is 19.1. The fraction of sp³-hybridized carbons (Fsp3) is 0. The van der Waals surface area contributed by atoms with Gasteiger partial charge in [-0.3, -0.25) is 4.79 Å². The van der Waals surface area contributed by atoms with E-state index in [-0.39, 0.29) is 28.3 Å². The Morgan fingerprint density at radius 1 is 1.11 bits per heavy atom. The van der Waals surface area contributed by atoms with Crippen LogP contribution in [0, 0.1) is 11.6 Å². The van der Waals surface area contributed by atoms with E-state index in [0.717, 1.165) is 24.3 Å². The van der Waals surface area contributed by atoms with Crippen molar-refractivity contribution >= 4 is 11.1 Å². The fourth-order valence-electron chi connectivity index (χ4n) is 1.71. The maximum Gasteiger partial charge on any atom is 0.185 e. The number of rotatable bonds is 0. The molecule has 1 heterocycles. The van der Waals surface area contributed by atoms with Crippen molar-refractivity contribution < 1.29 is 18.3 Å². The van der Waals surface area contributed by atoms with E-state index in [1.807, 2.05) is 0 Å². The molecule has 0 radical (unpaired) electrons. The Labute approximate surface area is 98.5 Å². The summed E-state index contributed by atoms with van der Waals surface area (Å²) in [6.07, 6.45) is 0. The number of nitrogens with zero attached hydrogens (tertiary/aromatic N) is 1. The zero-order chi connectivity index (χ0) is 12.9. The Kier molecular flexibility index (Phi) is 2.07. The SMILES string of the molecule is O=c1cc2oc3cc(O)cc(F)c3nc-2c(F)c1. The molecule has 1 aromatic rings. The van der Waals surface area contributed by atoms with Crippen molar-refractivity contribution in [2.24, 2.45) is 0 Å². The third-order valence-electron chi connectivity index (χ3n) is 2.46. The van der Waals surface area contributed by atoms with Gasteiger partial charge in [-0.05, 0) is 0 Å². The second kappa shape index (κ2) is 3.49. The number of aromatic nitrogens is 1. The highest BCUT2D eigenvalue weighted by Gasteiger charge is 2.17. The molecule has 1 aliphatic carbocycles. The van der Waals surface area contributed by atoms with E-state index in [0.29, 0.717) is 0 Å². The van der Waals surface area contributed by atoms with Gasteiger partial charge in [0.15, 0.2) is 28.4 Å². The van der Waals surface area contributed by atoms with Crippen LogP contribution in [0.4, 0.5) is 8.78 Å². The Hall–Kier alpha value is -2.50. The van der Waals surface area contributed by atoms with Crippen LogP contribution < -0.4 is 5.43 Å². The molecule has 0 amide bonds. The van der Waals surface area contributed by atoms with Crippen LogP contribution in [0.15, 0.2) is 33.5 Å². The van der Waals surface area contributed by atoms with Gasteiger partial charge in [-0.15, -0.1) is 0 Å². The molecule has 0 aromatic heterocycles. The largest absolute Gasteiger partial charge is 0.508 e. The molecule has 90 valence electrons. The van der Waals surface area contributed by atoms with Gasteiger partial charge in [-0.2, -0.15) is 0 Å². The molecule has 0 spiro atoms. The van der Waals surface area contributed by atoms with Crippen molar-refractivity contribution in [3.05, 3.63) is 46.1 Å². The first kappa shape index (κ1) is 10.6. The highest BCUT2D eigenvalue weighted by molar-refractivity contribution is 5.78. The molecular formula is C12H5F2NO3. The van der Waals surface area contributed by atoms with E-state index in [9.17, 15) is 18.7 Å². The standard InChI is InChI=1S/C12H5F2NO3/c13-7-1-5(16)3-9-11(7)15-12-8(14)2-6(17)4-10(12)18-9/h1-4,16H. The molecule has 2 aliphatic rings. The smallest absolute Gasteiger partial charge is 0.185 e. The second-order valence-electron chi connectivity index (χ2n) is 3.74. The first-order valence-corrected chi connectivity index (χ1v) is 4.97. The summed E-state index contributed by atoms with van der Waals surface area (Å²) in [6, 6.07) is 3.78. The average molecular weight is 249 g/mol. The Morgan fingerprint density at radius 2 is 1.89 bits per heavy atom. The lowest BCUT2D eigenvalue weighted by Gasteiger charge is -2.07. The number of fused-ring (bicyclic) bond motifs is 2. The van der Waals surface area contributed by atoms with Gasteiger partial charge in [0.05, 0.1) is 0 Å². The summed E-state index contributed by atoms with van der Waals surface area (Å²) >= 11 is 0. The summed E-state index contributed by atoms with van der Waals surface area (Å²) in [7, 11) is 0. The quantitative estimate of drug-likeness (QED) is 0.621. The van der Waals surface area contributed by atoms with Crippen LogP contribution in [0.5, 0.6) is 5.75 Å². The van der Waals surface area contributed by atoms with Crippen molar-refractivity contribution in [1.82, 2.24) is 4.98 Å². The zero-order valence-electron chi connectivity index (χ0n) is 8.78. The van der Waals surface area contributed by atoms with Gasteiger partial charge in [-0.1, -0.05) is 0 Å². The minimum atomic E-state index is -0.879. The first-order valence-electron chi connectivity index (χ1n) is 4.97. The number of phenolic OH excluding ortho intramolecular Hbond substituents is 1. The summed E-state index contributed by atoms with van der Waals surface area (Å²) < 4.78 is 32.2. The molecular weight excluding hydrogens is 244 g/mol. The molecule has 0 saturated carbocycles. The number of phenols is 1. The topological polar surface area (TPSA) is 63.3 Å². The van der Waals surface area contributed by atoms with Gasteiger partial charge in [0.1, 0.15) is 17.0 Å². The maximum absolute atomic E-state index is 13.5. The van der Waals surface area contributed by atoms with Crippen LogP contribution in [0.25, 0.3) is 22.6 Å². The summed E-state index contributed by atoms with van der Waals surface area (Å²) in [5.41, 5.74) is -1.08. The minimum Gasteiger partial charge on any atom is -0.508 e. The van der Waals surface area contributed by atoms with E-state index in [4.69, 9.17) is 4.42 Å². The van der Waals surface area contributed by atoms with Crippen molar-refractivity contribution in [2.75, 3.05) is 0 Å². The van der Waals surface area contributed by atoms with E-state index in [1.165, 1.54) is 0 Å². The monoisotopic (exact) mass is 249 g/mol. The molecule has 6 heteroatoms. The molecule has 0 fully saturated rings. The minimum absolute atomic E-state index is 0.0648. The Morgan fingerprint density at radius 3 is 2.67 bits per heavy atom. The lowest BCUT2D eigenvalue weighted by Crippen LogP contribution is -2.04. The van der Waals surface area contributed by atoms with Crippen LogP contribution in [-0.4, -0.2) is 10.1 Å². The van der Waals surface area contributed by atoms with Crippen LogP contribution in [-0.2, 0) is 0 Å². The normalized spacial score (nSPS) is 11.2. The van der Waals surface area contributed by atoms with Crippen molar-refractivity contribution in [2.45, 2.75) is 0 Å². The fourth-order valence-corrected chi connectivity index (χ4v) is 1.71. The number of hydrogen-bond donors (Lipinski definition) is 1. The number of hydrogen-bond acceptors (Lipinski definition) is 4. The van der Waals surface area contributed by atoms with Gasteiger partial charge in [0.2, 0.25) is 0 Å². The number of benzene rings is 2. The molecule has 4 nitrogen and oxygen atoms in total.